The van der Waals surface area contributed by atoms with Gasteiger partial charge in [-0.3, -0.25) is 10.1 Å². The first kappa shape index (κ1) is 19.5. The van der Waals surface area contributed by atoms with E-state index in [1.165, 1.54) is 18.2 Å². The average molecular weight is 368 g/mol. The summed E-state index contributed by atoms with van der Waals surface area (Å²) in [5.74, 6) is -0.507. The van der Waals surface area contributed by atoms with E-state index in [9.17, 15) is 20.2 Å². The third-order valence-corrected chi connectivity index (χ3v) is 3.42. The van der Waals surface area contributed by atoms with E-state index in [2.05, 4.69) is 0 Å². The van der Waals surface area contributed by atoms with Crippen LogP contribution in [0.5, 0.6) is 11.5 Å². The second kappa shape index (κ2) is 9.01. The number of carbonyl (C=O) groups is 1. The molecule has 0 bridgehead atoms. The molecule has 8 heteroatoms. The van der Waals surface area contributed by atoms with Crippen LogP contribution >= 0.6 is 0 Å². The molecule has 2 rings (SSSR count). The summed E-state index contributed by atoms with van der Waals surface area (Å²) in [4.78, 5) is 21.1. The molecule has 0 heterocycles. The number of allylic oxidation sites excluding steroid dienone is 1. The van der Waals surface area contributed by atoms with E-state index in [1.807, 2.05) is 6.07 Å². The number of nitro groups is 1. The Kier molecular flexibility index (Phi) is 6.49. The van der Waals surface area contributed by atoms with Crippen molar-refractivity contribution in [1.29, 1.82) is 5.26 Å². The molecule has 0 aliphatic rings. The smallest absolute Gasteiger partial charge is 0.341 e. The number of benzene rings is 2. The Labute approximate surface area is 155 Å². The molecule has 0 spiro atoms. The van der Waals surface area contributed by atoms with E-state index in [0.717, 1.165) is 0 Å². The van der Waals surface area contributed by atoms with Crippen LogP contribution in [0.25, 0.3) is 11.6 Å². The fourth-order valence-corrected chi connectivity index (χ4v) is 2.28. The lowest BCUT2D eigenvalue weighted by Gasteiger charge is -2.11. The summed E-state index contributed by atoms with van der Waals surface area (Å²) in [6.45, 7) is 1.60. The number of nitriles is 1. The van der Waals surface area contributed by atoms with Gasteiger partial charge in [-0.2, -0.15) is 5.26 Å². The number of aliphatic carboxylic acids is 1. The first-order valence-corrected chi connectivity index (χ1v) is 7.92. The van der Waals surface area contributed by atoms with E-state index in [-0.39, 0.29) is 17.0 Å². The van der Waals surface area contributed by atoms with E-state index in [1.54, 1.807) is 37.3 Å². The Morgan fingerprint density at radius 1 is 1.26 bits per heavy atom. The van der Waals surface area contributed by atoms with Gasteiger partial charge in [-0.25, -0.2) is 4.79 Å². The van der Waals surface area contributed by atoms with Crippen molar-refractivity contribution in [3.63, 3.8) is 0 Å². The maximum atomic E-state index is 10.9. The van der Waals surface area contributed by atoms with E-state index < -0.39 is 17.5 Å². The number of hydrogen-bond donors (Lipinski definition) is 1. The maximum absolute atomic E-state index is 10.9. The number of non-ortho nitro benzene ring substituents is 1. The molecule has 0 saturated heterocycles. The Bertz CT molecular complexity index is 930. The Hall–Kier alpha value is -3.86. The van der Waals surface area contributed by atoms with Crippen molar-refractivity contribution < 1.29 is 24.3 Å². The van der Waals surface area contributed by atoms with Crippen LogP contribution in [0.15, 0.2) is 42.5 Å². The van der Waals surface area contributed by atoms with Crippen LogP contribution in [-0.2, 0) is 4.79 Å². The second-order valence-electron chi connectivity index (χ2n) is 5.30. The van der Waals surface area contributed by atoms with Gasteiger partial charge in [0.05, 0.1) is 23.2 Å². The van der Waals surface area contributed by atoms with Gasteiger partial charge in [-0.1, -0.05) is 18.2 Å². The average Bonchev–Trinajstić information content (AvgIpc) is 2.65. The highest BCUT2D eigenvalue weighted by atomic mass is 16.6. The van der Waals surface area contributed by atoms with E-state index >= 15 is 0 Å². The van der Waals surface area contributed by atoms with Gasteiger partial charge in [0.2, 0.25) is 0 Å². The van der Waals surface area contributed by atoms with Crippen molar-refractivity contribution in [2.75, 3.05) is 13.2 Å². The third kappa shape index (κ3) is 5.31. The van der Waals surface area contributed by atoms with Gasteiger partial charge < -0.3 is 14.6 Å². The number of carboxylic acids is 1. The SMILES string of the molecule is CCOc1cc(C=C(C#N)c2cccc([N+](=O)[O-])c2)ccc1OCC(=O)O. The normalized spacial score (nSPS) is 10.7. The number of nitrogens with zero attached hydrogens (tertiary/aromatic N) is 2. The zero-order valence-corrected chi connectivity index (χ0v) is 14.4. The molecule has 0 aromatic heterocycles. The van der Waals surface area contributed by atoms with Gasteiger partial charge in [0.25, 0.3) is 5.69 Å². The predicted octanol–water partition coefficient (Wildman–Crippen LogP) is 3.52. The predicted molar refractivity (Wildman–Crippen MR) is 97.3 cm³/mol. The molecule has 138 valence electrons. The number of hydrogen-bond acceptors (Lipinski definition) is 6. The minimum atomic E-state index is -1.11. The molecule has 2 aromatic carbocycles. The first-order chi connectivity index (χ1) is 12.9. The van der Waals surface area contributed by atoms with Crippen LogP contribution < -0.4 is 9.47 Å². The van der Waals surface area contributed by atoms with E-state index in [4.69, 9.17) is 14.6 Å². The molecule has 2 aromatic rings. The van der Waals surface area contributed by atoms with E-state index in [0.29, 0.717) is 23.5 Å². The number of ether oxygens (including phenoxy) is 2. The van der Waals surface area contributed by atoms with Gasteiger partial charge in [0.15, 0.2) is 18.1 Å². The lowest BCUT2D eigenvalue weighted by atomic mass is 10.0. The lowest BCUT2D eigenvalue weighted by molar-refractivity contribution is -0.384. The highest BCUT2D eigenvalue weighted by Gasteiger charge is 2.11. The zero-order chi connectivity index (χ0) is 19.8. The lowest BCUT2D eigenvalue weighted by Crippen LogP contribution is -2.10. The molecule has 8 nitrogen and oxygen atoms in total. The van der Waals surface area contributed by atoms with Crippen molar-refractivity contribution in [2.24, 2.45) is 0 Å². The summed E-state index contributed by atoms with van der Waals surface area (Å²) < 4.78 is 10.6. The summed E-state index contributed by atoms with van der Waals surface area (Å²) in [5, 5.41) is 29.1. The number of rotatable bonds is 8. The van der Waals surface area contributed by atoms with Crippen LogP contribution in [0.2, 0.25) is 0 Å². The maximum Gasteiger partial charge on any atom is 0.341 e. The fraction of sp³-hybridized carbons (Fsp3) is 0.158. The second-order valence-corrected chi connectivity index (χ2v) is 5.30. The standard InChI is InChI=1S/C19H16N2O6/c1-2-26-18-9-13(6-7-17(18)27-12-19(22)23)8-15(11-20)14-4-3-5-16(10-14)21(24)25/h3-10H,2,12H2,1H3,(H,22,23). The topological polar surface area (TPSA) is 123 Å². The van der Waals surface area contributed by atoms with Crippen LogP contribution in [0, 0.1) is 21.4 Å². The van der Waals surface area contributed by atoms with Gasteiger partial charge in [-0.15, -0.1) is 0 Å². The Balaban J connectivity index is 2.39. The molecule has 0 aliphatic carbocycles. The van der Waals surface area contributed by atoms with Gasteiger partial charge in [0, 0.05) is 12.1 Å². The third-order valence-electron chi connectivity index (χ3n) is 3.42. The quantitative estimate of drug-likeness (QED) is 0.327. The molecular formula is C19H16N2O6. The van der Waals surface area contributed by atoms with Crippen molar-refractivity contribution in [1.82, 2.24) is 0 Å². The Morgan fingerprint density at radius 2 is 2.04 bits per heavy atom. The molecule has 27 heavy (non-hydrogen) atoms. The summed E-state index contributed by atoms with van der Waals surface area (Å²) in [6, 6.07) is 12.6. The summed E-state index contributed by atoms with van der Waals surface area (Å²) in [7, 11) is 0. The Morgan fingerprint density at radius 3 is 2.67 bits per heavy atom. The van der Waals surface area contributed by atoms with Crippen molar-refractivity contribution in [3.8, 4) is 17.6 Å². The molecule has 0 atom stereocenters. The van der Waals surface area contributed by atoms with Crippen LogP contribution in [0.1, 0.15) is 18.1 Å². The number of nitro benzene ring substituents is 1. The van der Waals surface area contributed by atoms with Crippen molar-refractivity contribution in [3.05, 3.63) is 63.7 Å². The monoisotopic (exact) mass is 368 g/mol. The van der Waals surface area contributed by atoms with Crippen LogP contribution in [0.4, 0.5) is 5.69 Å². The van der Waals surface area contributed by atoms with Gasteiger partial charge in [-0.05, 0) is 36.3 Å². The minimum absolute atomic E-state index is 0.110. The molecule has 0 saturated carbocycles. The highest BCUT2D eigenvalue weighted by Crippen LogP contribution is 2.30. The fourth-order valence-electron chi connectivity index (χ4n) is 2.28. The first-order valence-electron chi connectivity index (χ1n) is 7.92. The van der Waals surface area contributed by atoms with Crippen molar-refractivity contribution in [2.45, 2.75) is 6.92 Å². The summed E-state index contributed by atoms with van der Waals surface area (Å²) in [5.41, 5.74) is 1.14. The van der Waals surface area contributed by atoms with Crippen LogP contribution in [-0.4, -0.2) is 29.2 Å². The largest absolute Gasteiger partial charge is 0.490 e. The summed E-state index contributed by atoms with van der Waals surface area (Å²) in [6.07, 6.45) is 1.56. The summed E-state index contributed by atoms with van der Waals surface area (Å²) >= 11 is 0. The number of carboxylic acid groups (broad SMARTS) is 1. The zero-order valence-electron chi connectivity index (χ0n) is 14.4. The molecular weight excluding hydrogens is 352 g/mol. The minimum Gasteiger partial charge on any atom is -0.490 e. The van der Waals surface area contributed by atoms with Crippen molar-refractivity contribution >= 4 is 23.3 Å². The molecule has 0 aliphatic heterocycles. The molecule has 0 unspecified atom stereocenters. The van der Waals surface area contributed by atoms with Crippen LogP contribution in [0.3, 0.4) is 0 Å². The molecule has 0 fully saturated rings. The van der Waals surface area contributed by atoms with Gasteiger partial charge in [0.1, 0.15) is 0 Å². The van der Waals surface area contributed by atoms with Gasteiger partial charge >= 0.3 is 5.97 Å². The molecule has 0 amide bonds. The molecule has 1 N–H and O–H groups in total. The highest BCUT2D eigenvalue weighted by molar-refractivity contribution is 5.90. The molecule has 0 radical (unpaired) electrons.